The quantitative estimate of drug-likeness (QED) is 0.230. The van der Waals surface area contributed by atoms with Gasteiger partial charge in [0.05, 0.1) is 16.6 Å². The molecule has 2 nitrogen and oxygen atoms in total. The highest BCUT2D eigenvalue weighted by atomic mass is 16.3. The molecular weight excluding hydrogens is 522 g/mol. The molecule has 6 aromatic rings. The molecule has 2 aliphatic rings. The summed E-state index contributed by atoms with van der Waals surface area (Å²) in [5.74, 6) is 0. The Morgan fingerprint density at radius 3 is 1.86 bits per heavy atom. The lowest BCUT2D eigenvalue weighted by atomic mass is 9.83. The molecule has 0 unspecified atom stereocenters. The second-order valence-corrected chi connectivity index (χ2v) is 12.4. The van der Waals surface area contributed by atoms with E-state index in [-0.39, 0.29) is 0 Å². The summed E-state index contributed by atoms with van der Waals surface area (Å²) < 4.78 is 2.38. The molecule has 0 saturated heterocycles. The van der Waals surface area contributed by atoms with Crippen LogP contribution in [-0.2, 0) is 5.60 Å². The Morgan fingerprint density at radius 1 is 0.605 bits per heavy atom. The zero-order chi connectivity index (χ0) is 29.1. The number of aliphatic hydroxyl groups is 1. The van der Waals surface area contributed by atoms with Crippen molar-refractivity contribution in [2.24, 2.45) is 0 Å². The van der Waals surface area contributed by atoms with Gasteiger partial charge in [0.2, 0.25) is 0 Å². The van der Waals surface area contributed by atoms with E-state index in [0.717, 1.165) is 36.9 Å². The van der Waals surface area contributed by atoms with E-state index < -0.39 is 5.60 Å². The van der Waals surface area contributed by atoms with Gasteiger partial charge in [0.25, 0.3) is 0 Å². The van der Waals surface area contributed by atoms with Gasteiger partial charge in [0, 0.05) is 16.5 Å². The number of fused-ring (bicyclic) bond motifs is 5. The zero-order valence-electron chi connectivity index (χ0n) is 24.8. The van der Waals surface area contributed by atoms with Crippen molar-refractivity contribution in [3.8, 4) is 16.8 Å². The summed E-state index contributed by atoms with van der Waals surface area (Å²) in [6, 6.07) is 33.0. The number of hydrogen-bond acceptors (Lipinski definition) is 1. The van der Waals surface area contributed by atoms with Gasteiger partial charge in [-0.15, -0.1) is 0 Å². The first-order valence-corrected chi connectivity index (χ1v) is 15.5. The van der Waals surface area contributed by atoms with Crippen LogP contribution in [0.2, 0.25) is 0 Å². The van der Waals surface area contributed by atoms with Gasteiger partial charge in [0.15, 0.2) is 0 Å². The Bertz CT molecular complexity index is 2200. The van der Waals surface area contributed by atoms with E-state index in [4.69, 9.17) is 0 Å². The van der Waals surface area contributed by atoms with Gasteiger partial charge >= 0.3 is 0 Å². The van der Waals surface area contributed by atoms with Gasteiger partial charge in [-0.05, 0) is 119 Å². The van der Waals surface area contributed by atoms with Gasteiger partial charge in [-0.3, -0.25) is 0 Å². The van der Waals surface area contributed by atoms with Crippen LogP contribution in [0.5, 0.6) is 0 Å². The lowest BCUT2D eigenvalue weighted by Crippen LogP contribution is -2.33. The van der Waals surface area contributed by atoms with Gasteiger partial charge < -0.3 is 9.67 Å². The highest BCUT2D eigenvalue weighted by Gasteiger charge is 2.21. The number of hydrogen-bond donors (Lipinski definition) is 1. The predicted octanol–water partition coefficient (Wildman–Crippen LogP) is 8.92. The predicted molar refractivity (Wildman–Crippen MR) is 183 cm³/mol. The normalized spacial score (nSPS) is 14.9. The Kier molecular flexibility index (Phi) is 6.03. The van der Waals surface area contributed by atoms with Crippen LogP contribution in [0.4, 0.5) is 0 Å². The molecule has 2 aliphatic carbocycles. The minimum atomic E-state index is -0.919. The molecule has 0 radical (unpaired) electrons. The van der Waals surface area contributed by atoms with E-state index in [1.54, 1.807) is 0 Å². The van der Waals surface area contributed by atoms with E-state index in [1.807, 2.05) is 13.8 Å². The minimum absolute atomic E-state index is 0.919. The van der Waals surface area contributed by atoms with E-state index in [9.17, 15) is 5.11 Å². The zero-order valence-corrected chi connectivity index (χ0v) is 24.8. The SMILES string of the molecule is CC(C)(O)c1ccc2c(-c3ccc(-n4c5ccccc5c5ccccc54)cc3)c3c(c(C4=CCCC=C4)c2c1)=CCCC=3. The Balaban J connectivity index is 1.39. The van der Waals surface area contributed by atoms with E-state index in [2.05, 4.69) is 126 Å². The van der Waals surface area contributed by atoms with Crippen LogP contribution < -0.4 is 10.4 Å². The molecule has 1 N–H and O–H groups in total. The molecule has 0 amide bonds. The maximum absolute atomic E-state index is 11.0. The maximum Gasteiger partial charge on any atom is 0.0840 e. The van der Waals surface area contributed by atoms with Gasteiger partial charge in [-0.1, -0.05) is 91.0 Å². The summed E-state index contributed by atoms with van der Waals surface area (Å²) in [6.07, 6.45) is 16.1. The molecule has 8 rings (SSSR count). The summed E-state index contributed by atoms with van der Waals surface area (Å²) in [5.41, 5.74) is 8.71. The van der Waals surface area contributed by atoms with Crippen molar-refractivity contribution in [1.29, 1.82) is 0 Å². The molecular formula is C41H35NO. The number of benzene rings is 5. The van der Waals surface area contributed by atoms with Crippen molar-refractivity contribution in [2.75, 3.05) is 0 Å². The second-order valence-electron chi connectivity index (χ2n) is 12.4. The number of aromatic nitrogens is 1. The average Bonchev–Trinajstić information content (AvgIpc) is 3.38. The Labute approximate surface area is 252 Å². The van der Waals surface area contributed by atoms with Crippen LogP contribution in [-0.4, -0.2) is 9.67 Å². The maximum atomic E-state index is 11.0. The highest BCUT2D eigenvalue weighted by Crippen LogP contribution is 2.36. The van der Waals surface area contributed by atoms with Crippen LogP contribution >= 0.6 is 0 Å². The molecule has 210 valence electrons. The first kappa shape index (κ1) is 26.0. The van der Waals surface area contributed by atoms with Crippen LogP contribution in [0.15, 0.2) is 109 Å². The molecule has 2 heteroatoms. The third kappa shape index (κ3) is 4.20. The molecule has 0 atom stereocenters. The second kappa shape index (κ2) is 9.97. The van der Waals surface area contributed by atoms with Gasteiger partial charge in [0.1, 0.15) is 0 Å². The topological polar surface area (TPSA) is 25.2 Å². The molecule has 5 aromatic carbocycles. The van der Waals surface area contributed by atoms with E-state index in [0.29, 0.717) is 0 Å². The van der Waals surface area contributed by atoms with Crippen molar-refractivity contribution >= 4 is 50.3 Å². The highest BCUT2D eigenvalue weighted by molar-refractivity contribution is 6.09. The molecule has 43 heavy (non-hydrogen) atoms. The van der Waals surface area contributed by atoms with Crippen molar-refractivity contribution < 1.29 is 5.11 Å². The third-order valence-electron chi connectivity index (χ3n) is 9.24. The monoisotopic (exact) mass is 557 g/mol. The van der Waals surface area contributed by atoms with E-state index in [1.165, 1.54) is 65.3 Å². The summed E-state index contributed by atoms with van der Waals surface area (Å²) in [4.78, 5) is 0. The number of nitrogens with zero attached hydrogens (tertiary/aromatic N) is 1. The summed E-state index contributed by atoms with van der Waals surface area (Å²) >= 11 is 0. The number of rotatable bonds is 4. The third-order valence-corrected chi connectivity index (χ3v) is 9.24. The van der Waals surface area contributed by atoms with Gasteiger partial charge in [-0.25, -0.2) is 0 Å². The fourth-order valence-electron chi connectivity index (χ4n) is 7.19. The summed E-state index contributed by atoms with van der Waals surface area (Å²) in [6.45, 7) is 3.75. The lowest BCUT2D eigenvalue weighted by molar-refractivity contribution is 0.0787. The van der Waals surface area contributed by atoms with Crippen molar-refractivity contribution in [1.82, 2.24) is 4.57 Å². The van der Waals surface area contributed by atoms with E-state index >= 15 is 0 Å². The fourth-order valence-corrected chi connectivity index (χ4v) is 7.19. The molecule has 0 aliphatic heterocycles. The molecule has 0 spiro atoms. The lowest BCUT2D eigenvalue weighted by Gasteiger charge is -2.23. The van der Waals surface area contributed by atoms with Gasteiger partial charge in [-0.2, -0.15) is 0 Å². The number of allylic oxidation sites excluding steroid dienone is 4. The van der Waals surface area contributed by atoms with Crippen LogP contribution in [0, 0.1) is 0 Å². The minimum Gasteiger partial charge on any atom is -0.386 e. The van der Waals surface area contributed by atoms with Crippen molar-refractivity contribution in [3.05, 3.63) is 131 Å². The molecule has 1 aromatic heterocycles. The molecule has 1 heterocycles. The summed E-state index contributed by atoms with van der Waals surface area (Å²) in [7, 11) is 0. The first-order valence-electron chi connectivity index (χ1n) is 15.5. The Hall–Kier alpha value is -4.66. The molecule has 0 bridgehead atoms. The van der Waals surface area contributed by atoms with Crippen LogP contribution in [0.1, 0.15) is 50.7 Å². The number of para-hydroxylation sites is 2. The fraction of sp³-hybridized carbons (Fsp3) is 0.171. The standard InChI is InChI=1S/C41H35NO/c1-41(2,43)29-22-25-35-36(26-29)40(27-12-4-3-5-13-27)34-17-7-6-16-33(34)39(35)28-20-23-30(24-21-28)42-37-18-10-8-14-31(37)32-15-9-11-19-38(32)42/h4,8-26,43H,3,5-7H2,1-2H3. The largest absolute Gasteiger partial charge is 0.386 e. The summed E-state index contributed by atoms with van der Waals surface area (Å²) in [5, 5.41) is 18.6. The molecule has 0 saturated carbocycles. The van der Waals surface area contributed by atoms with Crippen molar-refractivity contribution in [3.63, 3.8) is 0 Å². The Morgan fingerprint density at radius 2 is 1.23 bits per heavy atom. The van der Waals surface area contributed by atoms with Crippen LogP contribution in [0.25, 0.3) is 67.1 Å². The molecule has 0 fully saturated rings. The smallest absolute Gasteiger partial charge is 0.0840 e. The average molecular weight is 558 g/mol. The van der Waals surface area contributed by atoms with Crippen molar-refractivity contribution in [2.45, 2.75) is 45.1 Å². The van der Waals surface area contributed by atoms with Crippen LogP contribution in [0.3, 0.4) is 0 Å². The first-order chi connectivity index (χ1) is 21.0.